The van der Waals surface area contributed by atoms with E-state index in [0.717, 1.165) is 5.69 Å². The Morgan fingerprint density at radius 3 is 2.15 bits per heavy atom. The molecule has 0 aromatic heterocycles. The van der Waals surface area contributed by atoms with Crippen LogP contribution < -0.4 is 9.62 Å². The number of benzene rings is 3. The summed E-state index contributed by atoms with van der Waals surface area (Å²) in [6, 6.07) is 21.8. The van der Waals surface area contributed by atoms with Gasteiger partial charge in [0.1, 0.15) is 5.82 Å². The average Bonchev–Trinajstić information content (AvgIpc) is 2.68. The first-order chi connectivity index (χ1) is 12.5. The summed E-state index contributed by atoms with van der Waals surface area (Å²) in [7, 11) is -2.11. The Hall–Kier alpha value is -2.86. The van der Waals surface area contributed by atoms with Crippen molar-refractivity contribution < 1.29 is 12.8 Å². The second-order valence-electron chi connectivity index (χ2n) is 5.78. The van der Waals surface area contributed by atoms with E-state index in [1.165, 1.54) is 17.4 Å². The molecule has 3 aromatic carbocycles. The van der Waals surface area contributed by atoms with Crippen molar-refractivity contribution in [3.8, 4) is 0 Å². The summed E-state index contributed by atoms with van der Waals surface area (Å²) in [5.41, 5.74) is 1.86. The van der Waals surface area contributed by atoms with Crippen LogP contribution in [0.5, 0.6) is 0 Å². The van der Waals surface area contributed by atoms with Crippen LogP contribution in [0.2, 0.25) is 0 Å². The summed E-state index contributed by atoms with van der Waals surface area (Å²) < 4.78 is 40.3. The molecule has 134 valence electrons. The summed E-state index contributed by atoms with van der Waals surface area (Å²) in [4.78, 5) is 0.195. The second-order valence-corrected chi connectivity index (χ2v) is 7.75. The average molecular weight is 370 g/mol. The van der Waals surface area contributed by atoms with Gasteiger partial charge in [0.2, 0.25) is 0 Å². The van der Waals surface area contributed by atoms with Crippen LogP contribution >= 0.6 is 0 Å². The monoisotopic (exact) mass is 370 g/mol. The standard InChI is InChI=1S/C20H19FN2O2S/c1-23(18-8-3-2-4-9-18)26(24,25)19-13-11-17(12-14-19)22-15-16-7-5-6-10-20(16)21/h2-14,22H,15H2,1H3. The van der Waals surface area contributed by atoms with Gasteiger partial charge in [0, 0.05) is 24.8 Å². The van der Waals surface area contributed by atoms with Gasteiger partial charge in [-0.3, -0.25) is 4.31 Å². The lowest BCUT2D eigenvalue weighted by Crippen LogP contribution is -2.26. The molecule has 1 N–H and O–H groups in total. The molecule has 0 heterocycles. The predicted octanol–water partition coefficient (Wildman–Crippen LogP) is 4.26. The maximum atomic E-state index is 13.6. The molecule has 0 bridgehead atoms. The van der Waals surface area contributed by atoms with Crippen molar-refractivity contribution >= 4 is 21.4 Å². The number of nitrogens with zero attached hydrogens (tertiary/aromatic N) is 1. The zero-order valence-corrected chi connectivity index (χ0v) is 15.1. The molecule has 26 heavy (non-hydrogen) atoms. The number of sulfonamides is 1. The van der Waals surface area contributed by atoms with Crippen LogP contribution in [0.15, 0.2) is 83.8 Å². The summed E-state index contributed by atoms with van der Waals surface area (Å²) >= 11 is 0. The van der Waals surface area contributed by atoms with E-state index in [-0.39, 0.29) is 10.7 Å². The number of hydrogen-bond donors (Lipinski definition) is 1. The Morgan fingerprint density at radius 1 is 0.885 bits per heavy atom. The fourth-order valence-electron chi connectivity index (χ4n) is 2.52. The molecule has 0 radical (unpaired) electrons. The quantitative estimate of drug-likeness (QED) is 0.705. The number of para-hydroxylation sites is 1. The zero-order valence-electron chi connectivity index (χ0n) is 14.3. The highest BCUT2D eigenvalue weighted by molar-refractivity contribution is 7.92. The highest BCUT2D eigenvalue weighted by Gasteiger charge is 2.20. The molecule has 0 aliphatic rings. The van der Waals surface area contributed by atoms with E-state index in [2.05, 4.69) is 5.32 Å². The third-order valence-electron chi connectivity index (χ3n) is 4.07. The predicted molar refractivity (Wildman–Crippen MR) is 102 cm³/mol. The van der Waals surface area contributed by atoms with Gasteiger partial charge >= 0.3 is 0 Å². The van der Waals surface area contributed by atoms with Crippen molar-refractivity contribution in [3.63, 3.8) is 0 Å². The number of halogens is 1. The van der Waals surface area contributed by atoms with E-state index in [9.17, 15) is 12.8 Å². The van der Waals surface area contributed by atoms with Gasteiger partial charge in [-0.05, 0) is 42.5 Å². The Bertz CT molecular complexity index is 974. The molecule has 0 atom stereocenters. The minimum atomic E-state index is -3.64. The number of hydrogen-bond acceptors (Lipinski definition) is 3. The van der Waals surface area contributed by atoms with Gasteiger partial charge in [-0.1, -0.05) is 36.4 Å². The third-order valence-corrected chi connectivity index (χ3v) is 5.87. The normalized spacial score (nSPS) is 11.2. The molecule has 0 unspecified atom stereocenters. The minimum Gasteiger partial charge on any atom is -0.381 e. The SMILES string of the molecule is CN(c1ccccc1)S(=O)(=O)c1ccc(NCc2ccccc2F)cc1. The van der Waals surface area contributed by atoms with Crippen LogP contribution in [0.4, 0.5) is 15.8 Å². The lowest BCUT2D eigenvalue weighted by atomic mass is 10.2. The Labute approximate surface area is 153 Å². The minimum absolute atomic E-state index is 0.195. The molecule has 0 saturated carbocycles. The highest BCUT2D eigenvalue weighted by atomic mass is 32.2. The van der Waals surface area contributed by atoms with Gasteiger partial charge in [-0.15, -0.1) is 0 Å². The van der Waals surface area contributed by atoms with Crippen LogP contribution in [0.3, 0.4) is 0 Å². The van der Waals surface area contributed by atoms with Gasteiger partial charge < -0.3 is 5.32 Å². The molecule has 3 aromatic rings. The largest absolute Gasteiger partial charge is 0.381 e. The molecule has 0 saturated heterocycles. The number of anilines is 2. The second kappa shape index (κ2) is 7.58. The van der Waals surface area contributed by atoms with Crippen molar-refractivity contribution in [2.45, 2.75) is 11.4 Å². The molecule has 4 nitrogen and oxygen atoms in total. The lowest BCUT2D eigenvalue weighted by Gasteiger charge is -2.19. The highest BCUT2D eigenvalue weighted by Crippen LogP contribution is 2.23. The number of nitrogens with one attached hydrogen (secondary N) is 1. The van der Waals surface area contributed by atoms with Crippen LogP contribution in [-0.2, 0) is 16.6 Å². The maximum Gasteiger partial charge on any atom is 0.264 e. The van der Waals surface area contributed by atoms with Crippen molar-refractivity contribution in [2.75, 3.05) is 16.7 Å². The zero-order chi connectivity index (χ0) is 18.6. The molecule has 6 heteroatoms. The van der Waals surface area contributed by atoms with Gasteiger partial charge in [-0.25, -0.2) is 12.8 Å². The molecule has 0 amide bonds. The van der Waals surface area contributed by atoms with Crippen LogP contribution in [0.1, 0.15) is 5.56 Å². The molecular weight excluding hydrogens is 351 g/mol. The maximum absolute atomic E-state index is 13.6. The fraction of sp³-hybridized carbons (Fsp3) is 0.100. The van der Waals surface area contributed by atoms with Gasteiger partial charge in [0.05, 0.1) is 10.6 Å². The van der Waals surface area contributed by atoms with E-state index >= 15 is 0 Å². The van der Waals surface area contributed by atoms with Gasteiger partial charge in [0.25, 0.3) is 10.0 Å². The van der Waals surface area contributed by atoms with Gasteiger partial charge in [-0.2, -0.15) is 0 Å². The molecule has 0 aliphatic carbocycles. The number of rotatable bonds is 6. The summed E-state index contributed by atoms with van der Waals surface area (Å²) in [6.45, 7) is 0.322. The van der Waals surface area contributed by atoms with Crippen LogP contribution in [0, 0.1) is 5.82 Å². The lowest BCUT2D eigenvalue weighted by molar-refractivity contribution is 0.594. The van der Waals surface area contributed by atoms with E-state index in [4.69, 9.17) is 0 Å². The van der Waals surface area contributed by atoms with E-state index in [1.807, 2.05) is 6.07 Å². The first kappa shape index (κ1) is 17.9. The van der Waals surface area contributed by atoms with E-state index in [1.54, 1.807) is 66.7 Å². The van der Waals surface area contributed by atoms with Crippen molar-refractivity contribution in [3.05, 3.63) is 90.2 Å². The van der Waals surface area contributed by atoms with E-state index < -0.39 is 10.0 Å². The molecule has 0 spiro atoms. The summed E-state index contributed by atoms with van der Waals surface area (Å²) in [6.07, 6.45) is 0. The van der Waals surface area contributed by atoms with Crippen molar-refractivity contribution in [1.29, 1.82) is 0 Å². The Morgan fingerprint density at radius 2 is 1.50 bits per heavy atom. The molecule has 0 aliphatic heterocycles. The van der Waals surface area contributed by atoms with Gasteiger partial charge in [0.15, 0.2) is 0 Å². The third kappa shape index (κ3) is 3.86. The first-order valence-corrected chi connectivity index (χ1v) is 9.54. The Kier molecular flexibility index (Phi) is 5.23. The molecule has 3 rings (SSSR count). The van der Waals surface area contributed by atoms with Crippen LogP contribution in [-0.4, -0.2) is 15.5 Å². The summed E-state index contributed by atoms with van der Waals surface area (Å²) in [5.74, 6) is -0.274. The molecular formula is C20H19FN2O2S. The van der Waals surface area contributed by atoms with E-state index in [0.29, 0.717) is 17.8 Å². The topological polar surface area (TPSA) is 49.4 Å². The summed E-state index contributed by atoms with van der Waals surface area (Å²) in [5, 5.41) is 3.09. The Balaban J connectivity index is 1.73. The fourth-order valence-corrected chi connectivity index (χ4v) is 3.71. The first-order valence-electron chi connectivity index (χ1n) is 8.10. The van der Waals surface area contributed by atoms with Crippen LogP contribution in [0.25, 0.3) is 0 Å². The molecule has 0 fully saturated rings. The van der Waals surface area contributed by atoms with Crippen molar-refractivity contribution in [2.24, 2.45) is 0 Å². The van der Waals surface area contributed by atoms with Crippen molar-refractivity contribution in [1.82, 2.24) is 0 Å². The smallest absolute Gasteiger partial charge is 0.264 e.